The van der Waals surface area contributed by atoms with Crippen LogP contribution >= 0.6 is 11.6 Å². The highest BCUT2D eigenvalue weighted by atomic mass is 35.5. The van der Waals surface area contributed by atoms with E-state index in [1.807, 2.05) is 28.8 Å². The fourth-order valence-electron chi connectivity index (χ4n) is 2.75. The van der Waals surface area contributed by atoms with Crippen molar-refractivity contribution in [2.24, 2.45) is 0 Å². The van der Waals surface area contributed by atoms with Gasteiger partial charge < -0.3 is 24.6 Å². The number of aromatic nitrogens is 2. The fraction of sp³-hybridized carbons (Fsp3) is 0.300. The molecule has 0 fully saturated rings. The summed E-state index contributed by atoms with van der Waals surface area (Å²) in [5.41, 5.74) is 1.66. The summed E-state index contributed by atoms with van der Waals surface area (Å²) in [6.07, 6.45) is 0. The normalized spacial score (nSPS) is 10.8. The number of likely N-dealkylation sites (N-methyl/N-ethyl adjacent to an activating group) is 1. The first-order chi connectivity index (χ1) is 13.6. The lowest BCUT2D eigenvalue weighted by Crippen LogP contribution is -2.33. The Morgan fingerprint density at radius 1 is 1.25 bits per heavy atom. The van der Waals surface area contributed by atoms with E-state index in [2.05, 4.69) is 10.3 Å². The minimum atomic E-state index is -0.0603. The van der Waals surface area contributed by atoms with Crippen molar-refractivity contribution in [3.63, 3.8) is 0 Å². The van der Waals surface area contributed by atoms with Gasteiger partial charge >= 0.3 is 0 Å². The standard InChI is InChI=1S/C20H23ClN4O3/c1-24(11-13-28-16-8-6-15(21)7-9-16)19(27)14-25-18-5-3-2-4-17(18)23-20(25)22-10-12-26/h2-9,26H,10-14H2,1H3,(H,22,23). The minimum Gasteiger partial charge on any atom is -0.492 e. The van der Waals surface area contributed by atoms with Crippen LogP contribution in [0.2, 0.25) is 5.02 Å². The molecule has 3 rings (SSSR count). The second-order valence-electron chi connectivity index (χ2n) is 6.28. The topological polar surface area (TPSA) is 79.6 Å². The van der Waals surface area contributed by atoms with Crippen LogP contribution in [0.15, 0.2) is 48.5 Å². The SMILES string of the molecule is CN(CCOc1ccc(Cl)cc1)C(=O)Cn1c(NCCO)nc2ccccc21. The number of hydrogen-bond acceptors (Lipinski definition) is 5. The molecule has 148 valence electrons. The molecule has 1 aromatic heterocycles. The highest BCUT2D eigenvalue weighted by Gasteiger charge is 2.16. The number of nitrogens with one attached hydrogen (secondary N) is 1. The fourth-order valence-corrected chi connectivity index (χ4v) is 2.88. The third-order valence-corrected chi connectivity index (χ3v) is 4.53. The zero-order valence-corrected chi connectivity index (χ0v) is 16.4. The number of halogens is 1. The average Bonchev–Trinajstić information content (AvgIpc) is 3.05. The maximum absolute atomic E-state index is 12.7. The number of carbonyl (C=O) groups is 1. The zero-order valence-electron chi connectivity index (χ0n) is 15.6. The third-order valence-electron chi connectivity index (χ3n) is 4.28. The molecule has 0 radical (unpaired) electrons. The minimum absolute atomic E-state index is 0.0148. The molecule has 2 aromatic carbocycles. The number of aliphatic hydroxyl groups is 1. The predicted molar refractivity (Wildman–Crippen MR) is 110 cm³/mol. The Labute approximate surface area is 168 Å². The van der Waals surface area contributed by atoms with Crippen molar-refractivity contribution < 1.29 is 14.6 Å². The molecule has 7 nitrogen and oxygen atoms in total. The summed E-state index contributed by atoms with van der Waals surface area (Å²) >= 11 is 5.86. The van der Waals surface area contributed by atoms with Gasteiger partial charge in [0.1, 0.15) is 18.9 Å². The van der Waals surface area contributed by atoms with Gasteiger partial charge in [-0.25, -0.2) is 4.98 Å². The molecule has 0 bridgehead atoms. The van der Waals surface area contributed by atoms with Crippen LogP contribution in [0.3, 0.4) is 0 Å². The Kier molecular flexibility index (Phi) is 6.73. The van der Waals surface area contributed by atoms with Crippen LogP contribution in [0.5, 0.6) is 5.75 Å². The van der Waals surface area contributed by atoms with Gasteiger partial charge in [0.25, 0.3) is 0 Å². The first-order valence-electron chi connectivity index (χ1n) is 9.01. The third kappa shape index (κ3) is 4.94. The van der Waals surface area contributed by atoms with E-state index in [1.165, 1.54) is 0 Å². The van der Waals surface area contributed by atoms with Crippen molar-refractivity contribution in [3.05, 3.63) is 53.6 Å². The molecule has 2 N–H and O–H groups in total. The summed E-state index contributed by atoms with van der Waals surface area (Å²) < 4.78 is 7.48. The van der Waals surface area contributed by atoms with Crippen molar-refractivity contribution in [1.29, 1.82) is 0 Å². The number of ether oxygens (including phenoxy) is 1. The second kappa shape index (κ2) is 9.43. The van der Waals surface area contributed by atoms with E-state index in [4.69, 9.17) is 21.4 Å². The van der Waals surface area contributed by atoms with E-state index in [1.54, 1.807) is 36.2 Å². The molecule has 0 saturated heterocycles. The van der Waals surface area contributed by atoms with Crippen LogP contribution in [-0.4, -0.2) is 58.8 Å². The monoisotopic (exact) mass is 402 g/mol. The summed E-state index contributed by atoms with van der Waals surface area (Å²) in [7, 11) is 1.74. The highest BCUT2D eigenvalue weighted by Crippen LogP contribution is 2.20. The Hall–Kier alpha value is -2.77. The van der Waals surface area contributed by atoms with Crippen molar-refractivity contribution in [1.82, 2.24) is 14.5 Å². The summed E-state index contributed by atoms with van der Waals surface area (Å²) in [5, 5.41) is 12.8. The smallest absolute Gasteiger partial charge is 0.242 e. The molecule has 0 spiro atoms. The quantitative estimate of drug-likeness (QED) is 0.575. The number of imidazole rings is 1. The Bertz CT molecular complexity index is 927. The largest absolute Gasteiger partial charge is 0.492 e. The van der Waals surface area contributed by atoms with Crippen LogP contribution in [0.25, 0.3) is 11.0 Å². The van der Waals surface area contributed by atoms with Crippen molar-refractivity contribution >= 4 is 34.5 Å². The molecule has 0 atom stereocenters. The van der Waals surface area contributed by atoms with Gasteiger partial charge in [-0.05, 0) is 36.4 Å². The summed E-state index contributed by atoms with van der Waals surface area (Å²) in [4.78, 5) is 18.8. The Morgan fingerprint density at radius 3 is 2.75 bits per heavy atom. The average molecular weight is 403 g/mol. The number of carbonyl (C=O) groups excluding carboxylic acids is 1. The molecule has 0 aliphatic carbocycles. The van der Waals surface area contributed by atoms with E-state index < -0.39 is 0 Å². The van der Waals surface area contributed by atoms with Crippen molar-refractivity contribution in [2.45, 2.75) is 6.54 Å². The van der Waals surface area contributed by atoms with Gasteiger partial charge in [-0.2, -0.15) is 0 Å². The van der Waals surface area contributed by atoms with E-state index in [0.29, 0.717) is 36.4 Å². The van der Waals surface area contributed by atoms with Gasteiger partial charge in [-0.1, -0.05) is 23.7 Å². The van der Waals surface area contributed by atoms with Crippen LogP contribution < -0.4 is 10.1 Å². The lowest BCUT2D eigenvalue weighted by Gasteiger charge is -2.19. The maximum atomic E-state index is 12.7. The van der Waals surface area contributed by atoms with Gasteiger partial charge in [-0.3, -0.25) is 4.79 Å². The van der Waals surface area contributed by atoms with Crippen molar-refractivity contribution in [3.8, 4) is 5.75 Å². The summed E-state index contributed by atoms with van der Waals surface area (Å²) in [6.45, 7) is 1.32. The van der Waals surface area contributed by atoms with Gasteiger partial charge in [0.05, 0.1) is 24.2 Å². The van der Waals surface area contributed by atoms with E-state index >= 15 is 0 Å². The molecular formula is C20H23ClN4O3. The second-order valence-corrected chi connectivity index (χ2v) is 6.71. The molecule has 0 saturated carbocycles. The molecule has 3 aromatic rings. The van der Waals surface area contributed by atoms with E-state index in [-0.39, 0.29) is 19.1 Å². The van der Waals surface area contributed by atoms with Gasteiger partial charge in [-0.15, -0.1) is 0 Å². The van der Waals surface area contributed by atoms with Crippen molar-refractivity contribution in [2.75, 3.05) is 38.7 Å². The zero-order chi connectivity index (χ0) is 19.9. The number of nitrogens with zero attached hydrogens (tertiary/aromatic N) is 3. The molecule has 1 amide bonds. The lowest BCUT2D eigenvalue weighted by molar-refractivity contribution is -0.130. The predicted octanol–water partition coefficient (Wildman–Crippen LogP) is 2.63. The number of benzene rings is 2. The van der Waals surface area contributed by atoms with Gasteiger partial charge in [0, 0.05) is 18.6 Å². The summed E-state index contributed by atoms with van der Waals surface area (Å²) in [5.74, 6) is 1.21. The highest BCUT2D eigenvalue weighted by molar-refractivity contribution is 6.30. The molecular weight excluding hydrogens is 380 g/mol. The Balaban J connectivity index is 1.62. The Morgan fingerprint density at radius 2 is 2.00 bits per heavy atom. The van der Waals surface area contributed by atoms with Crippen LogP contribution in [-0.2, 0) is 11.3 Å². The van der Waals surface area contributed by atoms with Crippen LogP contribution in [0, 0.1) is 0 Å². The van der Waals surface area contributed by atoms with Crippen LogP contribution in [0.1, 0.15) is 0 Å². The van der Waals surface area contributed by atoms with Gasteiger partial charge in [0.15, 0.2) is 0 Å². The molecule has 8 heteroatoms. The number of para-hydroxylation sites is 2. The van der Waals surface area contributed by atoms with E-state index in [0.717, 1.165) is 11.0 Å². The number of hydrogen-bond donors (Lipinski definition) is 2. The first kappa shape index (κ1) is 20.0. The maximum Gasteiger partial charge on any atom is 0.242 e. The molecule has 1 heterocycles. The number of amides is 1. The lowest BCUT2D eigenvalue weighted by atomic mass is 10.3. The first-order valence-corrected chi connectivity index (χ1v) is 9.38. The molecule has 0 aliphatic heterocycles. The number of anilines is 1. The van der Waals surface area contributed by atoms with Crippen LogP contribution in [0.4, 0.5) is 5.95 Å². The molecule has 0 unspecified atom stereocenters. The van der Waals surface area contributed by atoms with E-state index in [9.17, 15) is 4.79 Å². The summed E-state index contributed by atoms with van der Waals surface area (Å²) in [6, 6.07) is 14.7. The number of fused-ring (bicyclic) bond motifs is 1. The molecule has 0 aliphatic rings. The van der Waals surface area contributed by atoms with Gasteiger partial charge in [0.2, 0.25) is 11.9 Å². The number of rotatable bonds is 9. The molecule has 28 heavy (non-hydrogen) atoms. The number of aliphatic hydroxyl groups excluding tert-OH is 1.